The molecule has 1 atom stereocenters. The van der Waals surface area contributed by atoms with E-state index >= 15 is 0 Å². The number of carbonyl (C=O) groups excluding carboxylic acids is 2. The first-order valence-corrected chi connectivity index (χ1v) is 8.72. The first kappa shape index (κ1) is 17.8. The molecule has 0 saturated carbocycles. The van der Waals surface area contributed by atoms with E-state index in [9.17, 15) is 9.59 Å². The van der Waals surface area contributed by atoms with Gasteiger partial charge in [0.05, 0.1) is 12.3 Å². The fourth-order valence-corrected chi connectivity index (χ4v) is 3.15. The standard InChI is InChI=1S/C20H23N3O3/c1-3-26-18-11-7-5-9-16(18)22-20(25)21-13-14-12-19(24)23(2)17-10-6-4-8-15(14)17/h4-11,14H,3,12-13H2,1-2H3,(H2,21,22,25)/t14-/m1/s1. The van der Waals surface area contributed by atoms with Crippen LogP contribution in [-0.2, 0) is 4.79 Å². The van der Waals surface area contributed by atoms with Crippen LogP contribution in [-0.4, -0.2) is 32.1 Å². The second-order valence-electron chi connectivity index (χ2n) is 6.18. The van der Waals surface area contributed by atoms with Crippen molar-refractivity contribution in [3.8, 4) is 5.75 Å². The number of ether oxygens (including phenoxy) is 1. The quantitative estimate of drug-likeness (QED) is 0.866. The molecule has 2 N–H and O–H groups in total. The van der Waals surface area contributed by atoms with Crippen molar-refractivity contribution in [1.29, 1.82) is 0 Å². The van der Waals surface area contributed by atoms with E-state index in [1.54, 1.807) is 18.0 Å². The normalized spacial score (nSPS) is 16.0. The number of fused-ring (bicyclic) bond motifs is 1. The van der Waals surface area contributed by atoms with Gasteiger partial charge in [-0.1, -0.05) is 30.3 Å². The van der Waals surface area contributed by atoms with Gasteiger partial charge in [0.15, 0.2) is 0 Å². The number of hydrogen-bond acceptors (Lipinski definition) is 3. The Kier molecular flexibility index (Phi) is 5.41. The molecule has 6 heteroatoms. The Balaban J connectivity index is 1.65. The molecule has 1 aliphatic rings. The number of rotatable bonds is 5. The maximum atomic E-state index is 12.3. The van der Waals surface area contributed by atoms with Crippen LogP contribution < -0.4 is 20.3 Å². The first-order chi connectivity index (χ1) is 12.6. The molecule has 1 aliphatic heterocycles. The number of carbonyl (C=O) groups is 2. The molecule has 0 aromatic heterocycles. The zero-order valence-electron chi connectivity index (χ0n) is 15.0. The van der Waals surface area contributed by atoms with E-state index in [0.29, 0.717) is 31.0 Å². The molecule has 0 unspecified atom stereocenters. The minimum absolute atomic E-state index is 0.0391. The molecule has 0 fully saturated rings. The molecule has 0 saturated heterocycles. The van der Waals surface area contributed by atoms with E-state index in [1.165, 1.54) is 0 Å². The number of nitrogens with zero attached hydrogens (tertiary/aromatic N) is 1. The summed E-state index contributed by atoms with van der Waals surface area (Å²) in [5.74, 6) is 0.644. The summed E-state index contributed by atoms with van der Waals surface area (Å²) in [7, 11) is 1.78. The van der Waals surface area contributed by atoms with Crippen molar-refractivity contribution in [3.63, 3.8) is 0 Å². The summed E-state index contributed by atoms with van der Waals surface area (Å²) in [4.78, 5) is 26.2. The number of nitrogens with one attached hydrogen (secondary N) is 2. The highest BCUT2D eigenvalue weighted by Gasteiger charge is 2.29. The third-order valence-electron chi connectivity index (χ3n) is 4.48. The second kappa shape index (κ2) is 7.91. The van der Waals surface area contributed by atoms with Crippen molar-refractivity contribution >= 4 is 23.3 Å². The fourth-order valence-electron chi connectivity index (χ4n) is 3.15. The number of amides is 3. The Labute approximate surface area is 153 Å². The monoisotopic (exact) mass is 353 g/mol. The number of benzene rings is 2. The lowest BCUT2D eigenvalue weighted by Gasteiger charge is -2.31. The molecule has 0 bridgehead atoms. The lowest BCUT2D eigenvalue weighted by atomic mass is 9.89. The average Bonchev–Trinajstić information content (AvgIpc) is 2.65. The van der Waals surface area contributed by atoms with Gasteiger partial charge in [0, 0.05) is 31.6 Å². The smallest absolute Gasteiger partial charge is 0.319 e. The van der Waals surface area contributed by atoms with Gasteiger partial charge in [0.1, 0.15) is 5.75 Å². The van der Waals surface area contributed by atoms with Crippen LogP contribution in [0.1, 0.15) is 24.8 Å². The topological polar surface area (TPSA) is 70.7 Å². The van der Waals surface area contributed by atoms with Crippen molar-refractivity contribution < 1.29 is 14.3 Å². The third kappa shape index (κ3) is 3.79. The van der Waals surface area contributed by atoms with Gasteiger partial charge < -0.3 is 20.3 Å². The predicted molar refractivity (Wildman–Crippen MR) is 102 cm³/mol. The minimum atomic E-state index is -0.319. The van der Waals surface area contributed by atoms with E-state index in [0.717, 1.165) is 11.3 Å². The van der Waals surface area contributed by atoms with E-state index in [1.807, 2.05) is 49.4 Å². The molecular formula is C20H23N3O3. The van der Waals surface area contributed by atoms with Crippen LogP contribution in [0.25, 0.3) is 0 Å². The minimum Gasteiger partial charge on any atom is -0.492 e. The molecule has 136 valence electrons. The van der Waals surface area contributed by atoms with Crippen molar-refractivity contribution in [2.45, 2.75) is 19.3 Å². The van der Waals surface area contributed by atoms with Crippen LogP contribution in [0.2, 0.25) is 0 Å². The fraction of sp³-hybridized carbons (Fsp3) is 0.300. The summed E-state index contributed by atoms with van der Waals surface area (Å²) >= 11 is 0. The Morgan fingerprint density at radius 1 is 1.19 bits per heavy atom. The number of para-hydroxylation sites is 3. The molecule has 0 radical (unpaired) electrons. The number of anilines is 2. The molecule has 0 spiro atoms. The lowest BCUT2D eigenvalue weighted by Crippen LogP contribution is -2.38. The highest BCUT2D eigenvalue weighted by molar-refractivity contribution is 5.97. The molecular weight excluding hydrogens is 330 g/mol. The largest absolute Gasteiger partial charge is 0.492 e. The van der Waals surface area contributed by atoms with Gasteiger partial charge in [-0.3, -0.25) is 4.79 Å². The van der Waals surface area contributed by atoms with Gasteiger partial charge in [-0.25, -0.2) is 4.79 Å². The molecule has 3 rings (SSSR count). The molecule has 26 heavy (non-hydrogen) atoms. The molecule has 6 nitrogen and oxygen atoms in total. The van der Waals surface area contributed by atoms with E-state index < -0.39 is 0 Å². The summed E-state index contributed by atoms with van der Waals surface area (Å²) in [6.07, 6.45) is 0.378. The summed E-state index contributed by atoms with van der Waals surface area (Å²) in [5, 5.41) is 5.68. The maximum absolute atomic E-state index is 12.3. The summed E-state index contributed by atoms with van der Waals surface area (Å²) in [6.45, 7) is 2.80. The van der Waals surface area contributed by atoms with E-state index in [2.05, 4.69) is 10.6 Å². The van der Waals surface area contributed by atoms with Crippen LogP contribution >= 0.6 is 0 Å². The first-order valence-electron chi connectivity index (χ1n) is 8.72. The van der Waals surface area contributed by atoms with Gasteiger partial charge in [-0.05, 0) is 30.7 Å². The van der Waals surface area contributed by atoms with Crippen molar-refractivity contribution in [2.75, 3.05) is 30.4 Å². The molecule has 3 amide bonds. The van der Waals surface area contributed by atoms with Gasteiger partial charge in [0.2, 0.25) is 5.91 Å². The number of urea groups is 1. The molecule has 2 aromatic rings. The Hall–Kier alpha value is -3.02. The third-order valence-corrected chi connectivity index (χ3v) is 4.48. The zero-order chi connectivity index (χ0) is 18.5. The highest BCUT2D eigenvalue weighted by Crippen LogP contribution is 2.34. The van der Waals surface area contributed by atoms with E-state index in [4.69, 9.17) is 4.74 Å². The van der Waals surface area contributed by atoms with Crippen LogP contribution in [0, 0.1) is 0 Å². The van der Waals surface area contributed by atoms with Gasteiger partial charge >= 0.3 is 6.03 Å². The molecule has 2 aromatic carbocycles. The van der Waals surface area contributed by atoms with Crippen LogP contribution in [0.3, 0.4) is 0 Å². The lowest BCUT2D eigenvalue weighted by molar-refractivity contribution is -0.119. The van der Waals surface area contributed by atoms with Crippen LogP contribution in [0.5, 0.6) is 5.75 Å². The number of hydrogen-bond donors (Lipinski definition) is 2. The van der Waals surface area contributed by atoms with Gasteiger partial charge in [0.25, 0.3) is 0 Å². The molecule has 1 heterocycles. The van der Waals surface area contributed by atoms with Crippen LogP contribution in [0.15, 0.2) is 48.5 Å². The van der Waals surface area contributed by atoms with Gasteiger partial charge in [-0.2, -0.15) is 0 Å². The summed E-state index contributed by atoms with van der Waals surface area (Å²) in [6, 6.07) is 14.8. The zero-order valence-corrected chi connectivity index (χ0v) is 15.0. The van der Waals surface area contributed by atoms with Gasteiger partial charge in [-0.15, -0.1) is 0 Å². The van der Waals surface area contributed by atoms with Crippen molar-refractivity contribution in [1.82, 2.24) is 5.32 Å². The highest BCUT2D eigenvalue weighted by atomic mass is 16.5. The second-order valence-corrected chi connectivity index (χ2v) is 6.18. The van der Waals surface area contributed by atoms with Crippen molar-refractivity contribution in [3.05, 3.63) is 54.1 Å². The summed E-state index contributed by atoms with van der Waals surface area (Å²) < 4.78 is 5.51. The van der Waals surface area contributed by atoms with Crippen molar-refractivity contribution in [2.24, 2.45) is 0 Å². The predicted octanol–water partition coefficient (Wildman–Crippen LogP) is 3.36. The van der Waals surface area contributed by atoms with Crippen LogP contribution in [0.4, 0.5) is 16.2 Å². The maximum Gasteiger partial charge on any atom is 0.319 e. The molecule has 0 aliphatic carbocycles. The average molecular weight is 353 g/mol. The Morgan fingerprint density at radius 2 is 1.92 bits per heavy atom. The summed E-state index contributed by atoms with van der Waals surface area (Å²) in [5.41, 5.74) is 2.59. The Morgan fingerprint density at radius 3 is 2.73 bits per heavy atom. The SMILES string of the molecule is CCOc1ccccc1NC(=O)NC[C@H]1CC(=O)N(C)c2ccccc21. The van der Waals surface area contributed by atoms with E-state index in [-0.39, 0.29) is 17.9 Å². The Bertz CT molecular complexity index is 806.